The number of methoxy groups -OCH3 is 2. The molecule has 3 aromatic rings. The van der Waals surface area contributed by atoms with E-state index in [1.165, 1.54) is 11.3 Å². The lowest BCUT2D eigenvalue weighted by Crippen LogP contribution is -2.40. The Bertz CT molecular complexity index is 1230. The van der Waals surface area contributed by atoms with Crippen LogP contribution < -0.4 is 14.8 Å². The molecule has 176 valence electrons. The van der Waals surface area contributed by atoms with Gasteiger partial charge in [-0.05, 0) is 66.6 Å². The summed E-state index contributed by atoms with van der Waals surface area (Å²) in [6.45, 7) is 2.52. The lowest BCUT2D eigenvalue weighted by molar-refractivity contribution is -0.117. The maximum absolute atomic E-state index is 13.9. The molecular formula is C27H28N2O4S. The third-order valence-corrected chi connectivity index (χ3v) is 7.70. The van der Waals surface area contributed by atoms with E-state index in [0.717, 1.165) is 46.5 Å². The summed E-state index contributed by atoms with van der Waals surface area (Å²) in [6.07, 6.45) is 2.62. The van der Waals surface area contributed by atoms with Gasteiger partial charge < -0.3 is 19.7 Å². The van der Waals surface area contributed by atoms with Gasteiger partial charge in [-0.3, -0.25) is 9.59 Å². The van der Waals surface area contributed by atoms with Gasteiger partial charge in [-0.15, -0.1) is 11.3 Å². The Morgan fingerprint density at radius 2 is 1.74 bits per heavy atom. The molecule has 1 aliphatic carbocycles. The third kappa shape index (κ3) is 4.16. The monoisotopic (exact) mass is 476 g/mol. The highest BCUT2D eigenvalue weighted by atomic mass is 32.1. The summed E-state index contributed by atoms with van der Waals surface area (Å²) in [6, 6.07) is 15.8. The molecule has 2 amide bonds. The number of amides is 2. The number of aryl methyl sites for hydroxylation is 1. The number of ether oxygens (including phenoxy) is 2. The Morgan fingerprint density at radius 1 is 1.03 bits per heavy atom. The van der Waals surface area contributed by atoms with E-state index in [1.54, 1.807) is 14.2 Å². The van der Waals surface area contributed by atoms with Crippen LogP contribution in [0.2, 0.25) is 0 Å². The summed E-state index contributed by atoms with van der Waals surface area (Å²) in [5.41, 5.74) is 4.11. The van der Waals surface area contributed by atoms with Crippen molar-refractivity contribution < 1.29 is 19.1 Å². The van der Waals surface area contributed by atoms with Crippen molar-refractivity contribution in [1.29, 1.82) is 0 Å². The number of anilines is 1. The number of thiophene rings is 1. The quantitative estimate of drug-likeness (QED) is 0.530. The first kappa shape index (κ1) is 22.5. The van der Waals surface area contributed by atoms with Crippen LogP contribution >= 0.6 is 11.3 Å². The fourth-order valence-corrected chi connectivity index (χ4v) is 5.65. The van der Waals surface area contributed by atoms with E-state index >= 15 is 0 Å². The largest absolute Gasteiger partial charge is 0.493 e. The zero-order chi connectivity index (χ0) is 23.8. The second-order valence-corrected chi connectivity index (χ2v) is 9.91. The Kier molecular flexibility index (Phi) is 6.04. The molecule has 2 heterocycles. The van der Waals surface area contributed by atoms with Gasteiger partial charge >= 0.3 is 0 Å². The van der Waals surface area contributed by atoms with Crippen LogP contribution in [-0.4, -0.2) is 37.5 Å². The average molecular weight is 477 g/mol. The second kappa shape index (κ2) is 9.14. The lowest BCUT2D eigenvalue weighted by Gasteiger charge is -2.38. The fourth-order valence-electron chi connectivity index (χ4n) is 4.61. The highest BCUT2D eigenvalue weighted by molar-refractivity contribution is 7.18. The first-order valence-corrected chi connectivity index (χ1v) is 12.3. The van der Waals surface area contributed by atoms with Crippen molar-refractivity contribution in [2.75, 3.05) is 26.1 Å². The standard InChI is InChI=1S/C27H28N2O4S/c1-16-13-23(28-26(30)18-9-10-18)34-25(16)27(31)29-12-11-19-14-21(32-2)22(33-3)15-20(19)24(29)17-7-5-4-6-8-17/h4-8,13-15,18,24H,9-12H2,1-3H3,(H,28,30). The molecular weight excluding hydrogens is 448 g/mol. The Labute approximate surface area is 203 Å². The van der Waals surface area contributed by atoms with Crippen molar-refractivity contribution in [2.45, 2.75) is 32.2 Å². The molecule has 1 aromatic heterocycles. The number of nitrogens with zero attached hydrogens (tertiary/aromatic N) is 1. The summed E-state index contributed by atoms with van der Waals surface area (Å²) < 4.78 is 11.1. The summed E-state index contributed by atoms with van der Waals surface area (Å²) in [7, 11) is 3.26. The number of fused-ring (bicyclic) bond motifs is 1. The molecule has 0 spiro atoms. The summed E-state index contributed by atoms with van der Waals surface area (Å²) in [5.74, 6) is 1.49. The van der Waals surface area contributed by atoms with Crippen molar-refractivity contribution in [3.63, 3.8) is 0 Å². The molecule has 1 saturated carbocycles. The fraction of sp³-hybridized carbons (Fsp3) is 0.333. The normalized spacial score (nSPS) is 17.1. The first-order chi connectivity index (χ1) is 16.5. The van der Waals surface area contributed by atoms with E-state index in [0.29, 0.717) is 22.9 Å². The molecule has 2 aromatic carbocycles. The van der Waals surface area contributed by atoms with Gasteiger partial charge in [-0.2, -0.15) is 0 Å². The topological polar surface area (TPSA) is 67.9 Å². The Hall–Kier alpha value is -3.32. The van der Waals surface area contributed by atoms with Gasteiger partial charge in [-0.1, -0.05) is 30.3 Å². The highest BCUT2D eigenvalue weighted by Crippen LogP contribution is 2.42. The van der Waals surface area contributed by atoms with E-state index in [9.17, 15) is 9.59 Å². The summed E-state index contributed by atoms with van der Waals surface area (Å²) >= 11 is 1.36. The minimum Gasteiger partial charge on any atom is -0.493 e. The average Bonchev–Trinajstić information content (AvgIpc) is 3.65. The molecule has 1 atom stereocenters. The maximum atomic E-state index is 13.9. The van der Waals surface area contributed by atoms with E-state index in [2.05, 4.69) is 17.4 Å². The van der Waals surface area contributed by atoms with Gasteiger partial charge in [-0.25, -0.2) is 0 Å². The van der Waals surface area contributed by atoms with Crippen molar-refractivity contribution >= 4 is 28.2 Å². The van der Waals surface area contributed by atoms with E-state index in [1.807, 2.05) is 48.2 Å². The molecule has 7 heteroatoms. The van der Waals surface area contributed by atoms with Crippen LogP contribution in [0.1, 0.15) is 50.8 Å². The molecule has 34 heavy (non-hydrogen) atoms. The molecule has 5 rings (SSSR count). The van der Waals surface area contributed by atoms with Crippen molar-refractivity contribution in [1.82, 2.24) is 4.90 Å². The van der Waals surface area contributed by atoms with E-state index in [-0.39, 0.29) is 23.8 Å². The van der Waals surface area contributed by atoms with Crippen molar-refractivity contribution in [3.05, 3.63) is 75.7 Å². The van der Waals surface area contributed by atoms with Crippen LogP contribution in [0.4, 0.5) is 5.00 Å². The number of carbonyl (C=O) groups is 2. The Balaban J connectivity index is 1.53. The lowest BCUT2D eigenvalue weighted by atomic mass is 9.87. The SMILES string of the molecule is COc1cc2c(cc1OC)C(c1ccccc1)N(C(=O)c1sc(NC(=O)C3CC3)cc1C)CC2. The van der Waals surface area contributed by atoms with Gasteiger partial charge in [0, 0.05) is 12.5 Å². The van der Waals surface area contributed by atoms with Gasteiger partial charge in [0.2, 0.25) is 5.91 Å². The smallest absolute Gasteiger partial charge is 0.265 e. The molecule has 0 radical (unpaired) electrons. The summed E-state index contributed by atoms with van der Waals surface area (Å²) in [5, 5.41) is 3.72. The second-order valence-electron chi connectivity index (χ2n) is 8.85. The van der Waals surface area contributed by atoms with Gasteiger partial charge in [0.1, 0.15) is 0 Å². The molecule has 0 bridgehead atoms. The number of benzene rings is 2. The number of hydrogen-bond donors (Lipinski definition) is 1. The molecule has 1 fully saturated rings. The molecule has 2 aliphatic rings. The maximum Gasteiger partial charge on any atom is 0.265 e. The van der Waals surface area contributed by atoms with E-state index in [4.69, 9.17) is 9.47 Å². The van der Waals surface area contributed by atoms with Crippen LogP contribution in [0.5, 0.6) is 11.5 Å². The number of rotatable bonds is 6. The van der Waals surface area contributed by atoms with Crippen LogP contribution in [0, 0.1) is 12.8 Å². The zero-order valence-corrected chi connectivity index (χ0v) is 20.4. The van der Waals surface area contributed by atoms with Crippen LogP contribution in [-0.2, 0) is 11.2 Å². The predicted molar refractivity (Wildman–Crippen MR) is 133 cm³/mol. The molecule has 1 unspecified atom stereocenters. The summed E-state index contributed by atoms with van der Waals surface area (Å²) in [4.78, 5) is 28.7. The number of carbonyl (C=O) groups excluding carboxylic acids is 2. The minimum atomic E-state index is -0.247. The van der Waals surface area contributed by atoms with Crippen LogP contribution in [0.25, 0.3) is 0 Å². The van der Waals surface area contributed by atoms with Crippen LogP contribution in [0.3, 0.4) is 0 Å². The third-order valence-electron chi connectivity index (χ3n) is 6.56. The van der Waals surface area contributed by atoms with Gasteiger partial charge in [0.25, 0.3) is 5.91 Å². The van der Waals surface area contributed by atoms with Crippen molar-refractivity contribution in [3.8, 4) is 11.5 Å². The minimum absolute atomic E-state index is 0.0243. The number of nitrogens with one attached hydrogen (secondary N) is 1. The van der Waals surface area contributed by atoms with Crippen molar-refractivity contribution in [2.24, 2.45) is 5.92 Å². The predicted octanol–water partition coefficient (Wildman–Crippen LogP) is 5.21. The first-order valence-electron chi connectivity index (χ1n) is 11.5. The van der Waals surface area contributed by atoms with Gasteiger partial charge in [0.05, 0.1) is 30.1 Å². The molecule has 1 N–H and O–H groups in total. The molecule has 0 saturated heterocycles. The van der Waals surface area contributed by atoms with Gasteiger partial charge in [0.15, 0.2) is 11.5 Å². The molecule has 1 aliphatic heterocycles. The Morgan fingerprint density at radius 3 is 2.41 bits per heavy atom. The van der Waals surface area contributed by atoms with E-state index < -0.39 is 0 Å². The highest BCUT2D eigenvalue weighted by Gasteiger charge is 2.35. The molecule has 6 nitrogen and oxygen atoms in total. The van der Waals surface area contributed by atoms with Crippen LogP contribution in [0.15, 0.2) is 48.5 Å². The number of hydrogen-bond acceptors (Lipinski definition) is 5. The zero-order valence-electron chi connectivity index (χ0n) is 19.6.